The third-order valence-electron chi connectivity index (χ3n) is 8.79. The number of halogens is 2. The van der Waals surface area contributed by atoms with Crippen LogP contribution in [-0.4, -0.2) is 65.4 Å². The number of aromatic nitrogens is 2. The third-order valence-corrected chi connectivity index (χ3v) is 9.83. The molecule has 2 aliphatic carbocycles. The fourth-order valence-corrected chi connectivity index (χ4v) is 7.10. The van der Waals surface area contributed by atoms with Crippen LogP contribution in [0.15, 0.2) is 17.0 Å². The molecule has 3 fully saturated rings. The third kappa shape index (κ3) is 4.85. The first-order valence-corrected chi connectivity index (χ1v) is 14.8. The molecule has 0 unspecified atom stereocenters. The molecule has 1 amide bonds. The molecule has 38 heavy (non-hydrogen) atoms. The number of hydrogen-bond acceptors (Lipinski definition) is 7. The van der Waals surface area contributed by atoms with Crippen molar-refractivity contribution in [3.8, 4) is 11.3 Å². The molecule has 6 rings (SSSR count). The number of aryl methyl sites for hydroxylation is 1. The number of carbonyl (C=O) groups is 1. The summed E-state index contributed by atoms with van der Waals surface area (Å²) in [5.41, 5.74) is 11.4. The van der Waals surface area contributed by atoms with Crippen LogP contribution in [0.4, 0.5) is 20.4 Å². The van der Waals surface area contributed by atoms with Gasteiger partial charge in [-0.1, -0.05) is 0 Å². The van der Waals surface area contributed by atoms with E-state index in [1.54, 1.807) is 6.07 Å². The van der Waals surface area contributed by atoms with Crippen LogP contribution < -0.4 is 15.5 Å². The number of rotatable bonds is 7. The molecule has 10 heteroatoms. The van der Waals surface area contributed by atoms with Crippen molar-refractivity contribution in [1.82, 2.24) is 9.97 Å². The van der Waals surface area contributed by atoms with Gasteiger partial charge in [-0.2, -0.15) is 0 Å². The van der Waals surface area contributed by atoms with E-state index >= 15 is 0 Å². The molecule has 2 saturated heterocycles. The Labute approximate surface area is 226 Å². The number of carbonyl (C=O) groups excluding carboxylic acids is 1. The van der Waals surface area contributed by atoms with E-state index in [-0.39, 0.29) is 32.5 Å². The van der Waals surface area contributed by atoms with E-state index in [0.717, 1.165) is 78.3 Å². The number of nitrogens with zero attached hydrogens (tertiary/aromatic N) is 4. The van der Waals surface area contributed by atoms with Crippen LogP contribution in [0.3, 0.4) is 0 Å². The maximum Gasteiger partial charge on any atom is 0.251 e. The fraction of sp³-hybridized carbons (Fsp3) is 0.607. The van der Waals surface area contributed by atoms with Crippen LogP contribution in [-0.2, 0) is 12.8 Å². The second-order valence-corrected chi connectivity index (χ2v) is 12.4. The second kappa shape index (κ2) is 9.93. The van der Waals surface area contributed by atoms with Gasteiger partial charge in [0.05, 0.1) is 23.6 Å². The summed E-state index contributed by atoms with van der Waals surface area (Å²) in [6, 6.07) is 3.72. The Morgan fingerprint density at radius 1 is 1.00 bits per heavy atom. The largest absolute Gasteiger partial charge is 0.396 e. The summed E-state index contributed by atoms with van der Waals surface area (Å²) in [4.78, 5) is 27.8. The number of aliphatic hydroxyl groups excluding tert-OH is 1. The molecule has 1 spiro atoms. The highest BCUT2D eigenvalue weighted by Gasteiger charge is 2.45. The predicted molar refractivity (Wildman–Crippen MR) is 145 cm³/mol. The number of nitrogens with two attached hydrogens (primary N) is 1. The number of alkyl halides is 2. The second-order valence-electron chi connectivity index (χ2n) is 11.3. The highest BCUT2D eigenvalue weighted by molar-refractivity contribution is 7.99. The average molecular weight is 544 g/mol. The van der Waals surface area contributed by atoms with Crippen molar-refractivity contribution in [2.24, 2.45) is 11.1 Å². The Balaban J connectivity index is 1.50. The lowest BCUT2D eigenvalue weighted by molar-refractivity contribution is -0.0222. The molecule has 7 nitrogen and oxygen atoms in total. The van der Waals surface area contributed by atoms with E-state index in [0.29, 0.717) is 22.7 Å². The lowest BCUT2D eigenvalue weighted by atomic mass is 9.91. The van der Waals surface area contributed by atoms with E-state index in [1.165, 1.54) is 24.6 Å². The lowest BCUT2D eigenvalue weighted by Gasteiger charge is -2.37. The number of thioether (sulfide) groups is 1. The molecule has 1 aromatic carbocycles. The number of aliphatic hydroxyl groups is 1. The zero-order valence-electron chi connectivity index (χ0n) is 21.6. The normalized spacial score (nSPS) is 21.6. The van der Waals surface area contributed by atoms with E-state index < -0.39 is 11.8 Å². The molecule has 4 aliphatic rings. The van der Waals surface area contributed by atoms with Gasteiger partial charge in [-0.25, -0.2) is 18.7 Å². The van der Waals surface area contributed by atoms with Gasteiger partial charge in [-0.3, -0.25) is 4.79 Å². The Morgan fingerprint density at radius 3 is 2.37 bits per heavy atom. The first-order valence-electron chi connectivity index (χ1n) is 13.8. The number of benzene rings is 1. The topological polar surface area (TPSA) is 95.6 Å². The standard InChI is InChI=1S/C28H35F2N5O2S/c29-28(30)10-14-35(15-11-28)26-32-20-3-1-2-18(20)23(33-26)22-21(38-17-16-36)5-4-19(25(31)37)24(22)34-12-8-27(6-7-27)9-13-34/h4-5,36H,1-3,6-17H2,(H2,31,37). The molecule has 1 saturated carbocycles. The van der Waals surface area contributed by atoms with Crippen LogP contribution in [0.1, 0.15) is 66.6 Å². The van der Waals surface area contributed by atoms with E-state index in [1.807, 2.05) is 11.0 Å². The number of amides is 1. The van der Waals surface area contributed by atoms with E-state index in [9.17, 15) is 18.7 Å². The van der Waals surface area contributed by atoms with Crippen molar-refractivity contribution in [2.75, 3.05) is 48.3 Å². The number of anilines is 2. The van der Waals surface area contributed by atoms with Gasteiger partial charge in [-0.15, -0.1) is 11.8 Å². The van der Waals surface area contributed by atoms with Crippen LogP contribution in [0.2, 0.25) is 0 Å². The van der Waals surface area contributed by atoms with Gasteiger partial charge >= 0.3 is 0 Å². The highest BCUT2D eigenvalue weighted by atomic mass is 32.2. The zero-order chi connectivity index (χ0) is 26.5. The average Bonchev–Trinajstić information content (AvgIpc) is 3.48. The lowest BCUT2D eigenvalue weighted by Crippen LogP contribution is -2.40. The molecule has 3 N–H and O–H groups in total. The van der Waals surface area contributed by atoms with Crippen LogP contribution in [0.5, 0.6) is 0 Å². The molecule has 0 atom stereocenters. The van der Waals surface area contributed by atoms with Crippen molar-refractivity contribution >= 4 is 29.3 Å². The van der Waals surface area contributed by atoms with Gasteiger partial charge in [0.2, 0.25) is 5.95 Å². The fourth-order valence-electron chi connectivity index (χ4n) is 6.29. The number of hydrogen-bond donors (Lipinski definition) is 2. The first-order chi connectivity index (χ1) is 18.3. The highest BCUT2D eigenvalue weighted by Crippen LogP contribution is 2.55. The van der Waals surface area contributed by atoms with E-state index in [2.05, 4.69) is 4.90 Å². The summed E-state index contributed by atoms with van der Waals surface area (Å²) < 4.78 is 27.9. The monoisotopic (exact) mass is 543 g/mol. The molecule has 1 aromatic heterocycles. The molecule has 204 valence electrons. The predicted octanol–water partition coefficient (Wildman–Crippen LogP) is 4.43. The molecule has 2 aromatic rings. The molecule has 0 bridgehead atoms. The first kappa shape index (κ1) is 25.8. The molecule has 2 aliphatic heterocycles. The summed E-state index contributed by atoms with van der Waals surface area (Å²) in [5, 5.41) is 9.63. The van der Waals surface area contributed by atoms with Gasteiger partial charge < -0.3 is 20.6 Å². The van der Waals surface area contributed by atoms with Gasteiger partial charge in [-0.05, 0) is 62.5 Å². The maximum absolute atomic E-state index is 13.9. The number of fused-ring (bicyclic) bond motifs is 1. The Kier molecular flexibility index (Phi) is 6.74. The van der Waals surface area contributed by atoms with Gasteiger partial charge in [0.15, 0.2) is 0 Å². The minimum Gasteiger partial charge on any atom is -0.396 e. The van der Waals surface area contributed by atoms with Gasteiger partial charge in [0, 0.05) is 66.5 Å². The van der Waals surface area contributed by atoms with Crippen LogP contribution in [0.25, 0.3) is 11.3 Å². The Bertz CT molecular complexity index is 1230. The molecule has 3 heterocycles. The van der Waals surface area contributed by atoms with Crippen molar-refractivity contribution in [2.45, 2.75) is 68.6 Å². The summed E-state index contributed by atoms with van der Waals surface area (Å²) in [6.07, 6.45) is 6.92. The molecular weight excluding hydrogens is 508 g/mol. The summed E-state index contributed by atoms with van der Waals surface area (Å²) in [6.45, 7) is 2.14. The smallest absolute Gasteiger partial charge is 0.251 e. The molecular formula is C28H35F2N5O2S. The van der Waals surface area contributed by atoms with Crippen LogP contribution in [0, 0.1) is 5.41 Å². The number of primary amides is 1. The number of piperidine rings is 2. The van der Waals surface area contributed by atoms with Crippen molar-refractivity contribution < 1.29 is 18.7 Å². The van der Waals surface area contributed by atoms with Crippen LogP contribution >= 0.6 is 11.8 Å². The van der Waals surface area contributed by atoms with E-state index in [4.69, 9.17) is 15.7 Å². The quantitative estimate of drug-likeness (QED) is 0.499. The van der Waals surface area contributed by atoms with Gasteiger partial charge in [0.25, 0.3) is 11.8 Å². The van der Waals surface area contributed by atoms with Crippen molar-refractivity contribution in [3.05, 3.63) is 29.0 Å². The molecule has 0 radical (unpaired) electrons. The van der Waals surface area contributed by atoms with Crippen molar-refractivity contribution in [1.29, 1.82) is 0 Å². The maximum atomic E-state index is 13.9. The SMILES string of the molecule is NC(=O)c1ccc(SCCO)c(-c2nc(N3CCC(F)(F)CC3)nc3c2CCC3)c1N1CCC2(CC1)CC2. The van der Waals surface area contributed by atoms with Gasteiger partial charge in [0.1, 0.15) is 0 Å². The van der Waals surface area contributed by atoms with Crippen molar-refractivity contribution in [3.63, 3.8) is 0 Å². The Morgan fingerprint density at radius 2 is 1.71 bits per heavy atom. The minimum absolute atomic E-state index is 0.0262. The summed E-state index contributed by atoms with van der Waals surface area (Å²) in [7, 11) is 0. The summed E-state index contributed by atoms with van der Waals surface area (Å²) >= 11 is 1.54. The zero-order valence-corrected chi connectivity index (χ0v) is 22.5. The minimum atomic E-state index is -2.65. The Hall–Kier alpha value is -2.46. The summed E-state index contributed by atoms with van der Waals surface area (Å²) in [5.74, 6) is -2.14.